The van der Waals surface area contributed by atoms with E-state index in [1.165, 1.54) is 11.0 Å². The molecule has 25 heavy (non-hydrogen) atoms. The van der Waals surface area contributed by atoms with Crippen molar-refractivity contribution in [1.82, 2.24) is 9.80 Å². The summed E-state index contributed by atoms with van der Waals surface area (Å²) in [6, 6.07) is 4.20. The highest BCUT2D eigenvalue weighted by molar-refractivity contribution is 6.31. The maximum Gasteiger partial charge on any atom is 0.411 e. The molecule has 1 aromatic carbocycles. The molecule has 3 rings (SSSR count). The van der Waals surface area contributed by atoms with Gasteiger partial charge >= 0.3 is 6.09 Å². The fraction of sp³-hybridized carbons (Fsp3) is 0.556. The van der Waals surface area contributed by atoms with Crippen molar-refractivity contribution < 1.29 is 18.7 Å². The second-order valence-electron chi connectivity index (χ2n) is 7.54. The van der Waals surface area contributed by atoms with E-state index >= 15 is 0 Å². The fourth-order valence-electron chi connectivity index (χ4n) is 3.03. The summed E-state index contributed by atoms with van der Waals surface area (Å²) in [6.07, 6.45) is 1.32. The quantitative estimate of drug-likeness (QED) is 0.798. The van der Waals surface area contributed by atoms with Crippen LogP contribution in [0.5, 0.6) is 0 Å². The summed E-state index contributed by atoms with van der Waals surface area (Å²) in [5.41, 5.74) is -0.199. The standard InChI is InChI=1S/C18H22ClFN2O3/c1-18(2,3)25-17(24)22-10-15(23)21(11-7-8-11)9-14(22)12-5-4-6-13(20)16(12)19/h4-6,11,14H,7-10H2,1-3H3. The van der Waals surface area contributed by atoms with Gasteiger partial charge in [-0.2, -0.15) is 0 Å². The molecule has 1 atom stereocenters. The number of hydrogen-bond donors (Lipinski definition) is 0. The predicted octanol–water partition coefficient (Wildman–Crippen LogP) is 3.76. The van der Waals surface area contributed by atoms with Crippen LogP contribution in [-0.2, 0) is 9.53 Å². The largest absolute Gasteiger partial charge is 0.444 e. The zero-order valence-electron chi connectivity index (χ0n) is 14.6. The molecule has 7 heteroatoms. The molecule has 1 saturated carbocycles. The van der Waals surface area contributed by atoms with Gasteiger partial charge in [-0.3, -0.25) is 9.69 Å². The number of carbonyl (C=O) groups excluding carboxylic acids is 2. The zero-order chi connectivity index (χ0) is 18.4. The van der Waals surface area contributed by atoms with Gasteiger partial charge in [0.15, 0.2) is 0 Å². The monoisotopic (exact) mass is 368 g/mol. The minimum Gasteiger partial charge on any atom is -0.444 e. The first-order chi connectivity index (χ1) is 11.7. The second kappa shape index (κ2) is 6.48. The Bertz CT molecular complexity index is 700. The van der Waals surface area contributed by atoms with Gasteiger partial charge in [0.05, 0.1) is 11.1 Å². The predicted molar refractivity (Wildman–Crippen MR) is 91.8 cm³/mol. The van der Waals surface area contributed by atoms with Gasteiger partial charge in [0, 0.05) is 12.6 Å². The SMILES string of the molecule is CC(C)(C)OC(=O)N1CC(=O)N(C2CC2)CC1c1cccc(F)c1Cl. The Morgan fingerprint density at radius 1 is 1.32 bits per heavy atom. The molecule has 2 amide bonds. The van der Waals surface area contributed by atoms with Crippen LogP contribution >= 0.6 is 11.6 Å². The Hall–Kier alpha value is -1.82. The van der Waals surface area contributed by atoms with E-state index in [2.05, 4.69) is 0 Å². The van der Waals surface area contributed by atoms with Crippen LogP contribution < -0.4 is 0 Å². The van der Waals surface area contributed by atoms with Crippen LogP contribution in [0.1, 0.15) is 45.2 Å². The van der Waals surface area contributed by atoms with E-state index in [9.17, 15) is 14.0 Å². The molecule has 1 aliphatic carbocycles. The van der Waals surface area contributed by atoms with E-state index in [1.807, 2.05) is 0 Å². The Morgan fingerprint density at radius 3 is 2.60 bits per heavy atom. The van der Waals surface area contributed by atoms with E-state index in [-0.39, 0.29) is 23.5 Å². The van der Waals surface area contributed by atoms with Crippen molar-refractivity contribution in [2.45, 2.75) is 51.3 Å². The summed E-state index contributed by atoms with van der Waals surface area (Å²) < 4.78 is 19.4. The summed E-state index contributed by atoms with van der Waals surface area (Å²) in [6.45, 7) is 5.49. The van der Waals surface area contributed by atoms with Crippen molar-refractivity contribution in [3.63, 3.8) is 0 Å². The van der Waals surface area contributed by atoms with E-state index in [0.29, 0.717) is 12.1 Å². The lowest BCUT2D eigenvalue weighted by atomic mass is 10.0. The first-order valence-corrected chi connectivity index (χ1v) is 8.78. The molecule has 0 aromatic heterocycles. The number of rotatable bonds is 2. The molecular formula is C18H22ClFN2O3. The first kappa shape index (κ1) is 18.0. The Labute approximate surface area is 151 Å². The van der Waals surface area contributed by atoms with Gasteiger partial charge in [0.1, 0.15) is 18.0 Å². The summed E-state index contributed by atoms with van der Waals surface area (Å²) in [5, 5.41) is -0.0221. The molecule has 2 aliphatic rings. The molecule has 0 spiro atoms. The van der Waals surface area contributed by atoms with Crippen LogP contribution in [0.25, 0.3) is 0 Å². The fourth-order valence-corrected chi connectivity index (χ4v) is 3.28. The summed E-state index contributed by atoms with van der Waals surface area (Å²) in [4.78, 5) is 28.2. The maximum absolute atomic E-state index is 13.9. The van der Waals surface area contributed by atoms with E-state index in [1.54, 1.807) is 37.8 Å². The third kappa shape index (κ3) is 3.89. The Morgan fingerprint density at radius 2 is 2.00 bits per heavy atom. The highest BCUT2D eigenvalue weighted by Gasteiger charge is 2.43. The van der Waals surface area contributed by atoms with E-state index in [0.717, 1.165) is 12.8 Å². The van der Waals surface area contributed by atoms with Crippen LogP contribution in [0, 0.1) is 5.82 Å². The minimum absolute atomic E-state index is 0.0221. The van der Waals surface area contributed by atoms with Crippen molar-refractivity contribution in [1.29, 1.82) is 0 Å². The van der Waals surface area contributed by atoms with Crippen molar-refractivity contribution >= 4 is 23.6 Å². The Kier molecular flexibility index (Phi) is 4.66. The normalized spacial score (nSPS) is 21.5. The lowest BCUT2D eigenvalue weighted by Gasteiger charge is -2.41. The zero-order valence-corrected chi connectivity index (χ0v) is 15.3. The lowest BCUT2D eigenvalue weighted by Crippen LogP contribution is -2.55. The van der Waals surface area contributed by atoms with Gasteiger partial charge in [0.2, 0.25) is 5.91 Å². The molecule has 1 unspecified atom stereocenters. The van der Waals surface area contributed by atoms with Crippen molar-refractivity contribution in [2.75, 3.05) is 13.1 Å². The molecule has 1 aliphatic heterocycles. The van der Waals surface area contributed by atoms with Crippen molar-refractivity contribution in [3.05, 3.63) is 34.6 Å². The van der Waals surface area contributed by atoms with Crippen LogP contribution in [0.15, 0.2) is 18.2 Å². The van der Waals surface area contributed by atoms with Gasteiger partial charge in [-0.15, -0.1) is 0 Å². The third-order valence-electron chi connectivity index (χ3n) is 4.33. The van der Waals surface area contributed by atoms with Gasteiger partial charge in [0.25, 0.3) is 0 Å². The average molecular weight is 369 g/mol. The highest BCUT2D eigenvalue weighted by Crippen LogP contribution is 2.37. The van der Waals surface area contributed by atoms with Crippen LogP contribution in [0.4, 0.5) is 9.18 Å². The number of hydrogen-bond acceptors (Lipinski definition) is 3. The molecule has 136 valence electrons. The second-order valence-corrected chi connectivity index (χ2v) is 7.92. The molecular weight excluding hydrogens is 347 g/mol. The first-order valence-electron chi connectivity index (χ1n) is 8.40. The van der Waals surface area contributed by atoms with E-state index in [4.69, 9.17) is 16.3 Å². The summed E-state index contributed by atoms with van der Waals surface area (Å²) in [5.74, 6) is -0.657. The van der Waals surface area contributed by atoms with Gasteiger partial charge < -0.3 is 9.64 Å². The molecule has 0 radical (unpaired) electrons. The smallest absolute Gasteiger partial charge is 0.411 e. The average Bonchev–Trinajstić information content (AvgIpc) is 3.33. The number of carbonyl (C=O) groups is 2. The molecule has 0 N–H and O–H groups in total. The molecule has 1 heterocycles. The lowest BCUT2D eigenvalue weighted by molar-refractivity contribution is -0.139. The molecule has 0 bridgehead atoms. The van der Waals surface area contributed by atoms with Crippen LogP contribution in [-0.4, -0.2) is 46.5 Å². The van der Waals surface area contributed by atoms with E-state index < -0.39 is 23.6 Å². The number of amides is 2. The van der Waals surface area contributed by atoms with Gasteiger partial charge in [-0.05, 0) is 45.2 Å². The minimum atomic E-state index is -0.690. The number of ether oxygens (including phenoxy) is 1. The van der Waals surface area contributed by atoms with Crippen molar-refractivity contribution in [3.8, 4) is 0 Å². The molecule has 1 saturated heterocycles. The summed E-state index contributed by atoms with van der Waals surface area (Å²) >= 11 is 6.15. The molecule has 2 fully saturated rings. The maximum atomic E-state index is 13.9. The number of halogens is 2. The third-order valence-corrected chi connectivity index (χ3v) is 4.73. The number of piperazine rings is 1. The number of benzene rings is 1. The number of nitrogens with zero attached hydrogens (tertiary/aromatic N) is 2. The van der Waals surface area contributed by atoms with Crippen LogP contribution in [0.3, 0.4) is 0 Å². The molecule has 5 nitrogen and oxygen atoms in total. The summed E-state index contributed by atoms with van der Waals surface area (Å²) in [7, 11) is 0. The van der Waals surface area contributed by atoms with Gasteiger partial charge in [-0.25, -0.2) is 9.18 Å². The Balaban J connectivity index is 1.94. The van der Waals surface area contributed by atoms with Gasteiger partial charge in [-0.1, -0.05) is 23.7 Å². The van der Waals surface area contributed by atoms with Crippen molar-refractivity contribution in [2.24, 2.45) is 0 Å². The highest BCUT2D eigenvalue weighted by atomic mass is 35.5. The molecule has 1 aromatic rings. The van der Waals surface area contributed by atoms with Crippen LogP contribution in [0.2, 0.25) is 5.02 Å². The topological polar surface area (TPSA) is 49.9 Å².